The molecule has 0 amide bonds. The highest BCUT2D eigenvalue weighted by Gasteiger charge is 2.35. The van der Waals surface area contributed by atoms with Crippen molar-refractivity contribution in [2.24, 2.45) is 0 Å². The predicted molar refractivity (Wildman–Crippen MR) is 356 cm³/mol. The third-order valence-electron chi connectivity index (χ3n) is 16.7. The molecule has 1 aliphatic rings. The summed E-state index contributed by atoms with van der Waals surface area (Å²) >= 11 is 0. The van der Waals surface area contributed by atoms with E-state index in [0.717, 1.165) is 13.8 Å². The van der Waals surface area contributed by atoms with E-state index in [1.807, 2.05) is 24.5 Å². The Hall–Kier alpha value is -8.67. The summed E-state index contributed by atoms with van der Waals surface area (Å²) in [6.07, 6.45) is 3.65. The van der Waals surface area contributed by atoms with Gasteiger partial charge in [0, 0.05) is 28.9 Å². The van der Waals surface area contributed by atoms with Gasteiger partial charge in [-0.1, -0.05) is 211 Å². The van der Waals surface area contributed by atoms with Gasteiger partial charge in [0.25, 0.3) is 0 Å². The molecule has 0 unspecified atom stereocenters. The average Bonchev–Trinajstić information content (AvgIpc) is 1.76. The molecule has 11 aromatic carbocycles. The third kappa shape index (κ3) is 14.0. The Morgan fingerprint density at radius 3 is 0.965 bits per heavy atom. The lowest BCUT2D eigenvalue weighted by molar-refractivity contribution is 0.436. The second kappa shape index (κ2) is 26.5. The number of halogens is 4. The number of hydrogen-bond donors (Lipinski definition) is 0. The van der Waals surface area contributed by atoms with E-state index in [1.54, 1.807) is 0 Å². The molecule has 13 rings (SSSR count). The normalized spacial score (nSPS) is 11.6. The molecule has 1 nitrogen and oxygen atoms in total. The van der Waals surface area contributed by atoms with Crippen LogP contribution in [0.15, 0.2) is 188 Å². The number of aromatic nitrogens is 1. The Balaban J connectivity index is 0.000000134. The molecule has 12 aromatic rings. The zero-order valence-corrected chi connectivity index (χ0v) is 52.4. The van der Waals surface area contributed by atoms with Gasteiger partial charge in [-0.15, -0.1) is 0 Å². The summed E-state index contributed by atoms with van der Waals surface area (Å²) in [5.74, 6) is -5.31. The van der Waals surface area contributed by atoms with Crippen LogP contribution in [0.5, 0.6) is 0 Å². The van der Waals surface area contributed by atoms with Gasteiger partial charge >= 0.3 is 0 Å². The smallest absolute Gasteiger partial charge is 0.165 e. The highest BCUT2D eigenvalue weighted by atomic mass is 19.2. The van der Waals surface area contributed by atoms with Gasteiger partial charge in [0.15, 0.2) is 23.3 Å². The molecule has 0 aliphatic heterocycles. The third-order valence-corrected chi connectivity index (χ3v) is 16.7. The number of rotatable bonds is 1. The fourth-order valence-electron chi connectivity index (χ4n) is 11.5. The molecule has 85 heavy (non-hydrogen) atoms. The highest BCUT2D eigenvalue weighted by molar-refractivity contribution is 6.08. The van der Waals surface area contributed by atoms with Crippen LogP contribution in [0.25, 0.3) is 65.3 Å². The van der Waals surface area contributed by atoms with Crippen LogP contribution < -0.4 is 0 Å². The Labute approximate surface area is 502 Å². The van der Waals surface area contributed by atoms with Crippen LogP contribution in [-0.2, 0) is 5.41 Å². The molecule has 0 radical (unpaired) electrons. The second-order valence-electron chi connectivity index (χ2n) is 23.7. The van der Waals surface area contributed by atoms with Gasteiger partial charge < -0.3 is 0 Å². The first-order valence-corrected chi connectivity index (χ1v) is 29.2. The second-order valence-corrected chi connectivity index (χ2v) is 23.7. The van der Waals surface area contributed by atoms with Gasteiger partial charge in [-0.3, -0.25) is 4.98 Å². The van der Waals surface area contributed by atoms with Gasteiger partial charge in [0.2, 0.25) is 0 Å². The van der Waals surface area contributed by atoms with Crippen molar-refractivity contribution in [1.82, 2.24) is 4.98 Å². The first kappa shape index (κ1) is 62.4. The van der Waals surface area contributed by atoms with E-state index in [-0.39, 0.29) is 5.41 Å². The average molecular weight is 1130 g/mol. The lowest BCUT2D eigenvalue weighted by Crippen LogP contribution is -2.15. The Morgan fingerprint density at radius 2 is 0.612 bits per heavy atom. The van der Waals surface area contributed by atoms with Crippen LogP contribution in [0.2, 0.25) is 0 Å². The van der Waals surface area contributed by atoms with Crippen molar-refractivity contribution in [2.75, 3.05) is 0 Å². The molecule has 0 bridgehead atoms. The van der Waals surface area contributed by atoms with E-state index in [0.29, 0.717) is 0 Å². The van der Waals surface area contributed by atoms with E-state index in [1.165, 1.54) is 143 Å². The van der Waals surface area contributed by atoms with Crippen LogP contribution in [0.1, 0.15) is 103 Å². The number of fused-ring (bicyclic) bond motifs is 8. The minimum absolute atomic E-state index is 0.142. The van der Waals surface area contributed by atoms with Gasteiger partial charge in [-0.05, 0) is 219 Å². The summed E-state index contributed by atoms with van der Waals surface area (Å²) < 4.78 is 50.6. The first-order chi connectivity index (χ1) is 40.4. The maximum atomic E-state index is 12.7. The van der Waals surface area contributed by atoms with Crippen molar-refractivity contribution >= 4 is 43.1 Å². The minimum atomic E-state index is -1.33. The molecule has 1 aromatic heterocycles. The fraction of sp³-hybridized carbons (Fsp3) is 0.212. The van der Waals surface area contributed by atoms with E-state index in [4.69, 9.17) is 0 Å². The largest absolute Gasteiger partial charge is 0.265 e. The quantitative estimate of drug-likeness (QED) is 0.0691. The lowest BCUT2D eigenvalue weighted by Gasteiger charge is -2.22. The monoisotopic (exact) mass is 1130 g/mol. The predicted octanol–water partition coefficient (Wildman–Crippen LogP) is 23.0. The molecule has 0 atom stereocenters. The van der Waals surface area contributed by atoms with Crippen LogP contribution in [0.3, 0.4) is 0 Å². The maximum absolute atomic E-state index is 12.7. The minimum Gasteiger partial charge on any atom is -0.265 e. The van der Waals surface area contributed by atoms with Crippen molar-refractivity contribution < 1.29 is 17.6 Å². The SMILES string of the molecule is Cc1c(F)c(F)c(C)c(F)c1F.Cc1c2ccccc2c(C)c2ccccc12.Cc1cc(C)c(C)cc1C.Cc1cc(C)cc(-c2ccncc2)c1.Cc1ccc2c(c1)C(C)(C)c1cc(C)ccc1-2.Cc1ccc2c(ccc3cc(C)ccc32)c1. The molecule has 0 saturated heterocycles. The van der Waals surface area contributed by atoms with Crippen molar-refractivity contribution in [3.05, 3.63) is 301 Å². The molecule has 1 aliphatic carbocycles. The summed E-state index contributed by atoms with van der Waals surface area (Å²) in [7, 11) is 0. The molecule has 0 saturated carbocycles. The van der Waals surface area contributed by atoms with Crippen LogP contribution >= 0.6 is 0 Å². The molecule has 0 fully saturated rings. The van der Waals surface area contributed by atoms with Crippen LogP contribution in [-0.4, -0.2) is 4.98 Å². The standard InChI is InChI=1S/C17H18.2C16H14.C13H13N.C10H14.C8H6F4/c1-11-5-7-13-14-8-6-12(2)10-16(14)17(3,4)15(13)9-11;1-11-3-7-15-13(9-11)5-6-14-10-12(2)4-8-16(14)15;1-11-13-7-3-5-9-15(13)12(2)16-10-6-4-8-14(11)16;1-10-7-11(2)9-13(8-10)12-3-5-14-6-4-12;1-7-5-9(3)10(4)6-8(7)2;1-3-5(9)7(11)4(2)8(12)6(3)10/h5-10H,1-4H3;2*3-10H,1-2H3;3-9H,1-2H3;5-6H,1-4H3;1-2H3. The van der Waals surface area contributed by atoms with E-state index in [9.17, 15) is 17.6 Å². The van der Waals surface area contributed by atoms with Crippen molar-refractivity contribution in [2.45, 2.75) is 116 Å². The molecule has 1 heterocycles. The van der Waals surface area contributed by atoms with Crippen LogP contribution in [0.4, 0.5) is 17.6 Å². The summed E-state index contributed by atoms with van der Waals surface area (Å²) in [4.78, 5) is 4.02. The molecular weight excluding hydrogens is 1050 g/mol. The van der Waals surface area contributed by atoms with Gasteiger partial charge in [0.05, 0.1) is 0 Å². The van der Waals surface area contributed by atoms with Crippen molar-refractivity contribution in [3.8, 4) is 22.3 Å². The Kier molecular flexibility index (Phi) is 19.4. The van der Waals surface area contributed by atoms with E-state index >= 15 is 0 Å². The summed E-state index contributed by atoms with van der Waals surface area (Å²) in [6, 6.07) is 63.8. The number of aryl methyl sites for hydroxylation is 12. The fourth-order valence-corrected chi connectivity index (χ4v) is 11.5. The first-order valence-electron chi connectivity index (χ1n) is 29.2. The van der Waals surface area contributed by atoms with E-state index < -0.39 is 34.4 Å². The molecule has 432 valence electrons. The summed E-state index contributed by atoms with van der Waals surface area (Å²) in [6.45, 7) is 32.5. The number of benzene rings is 11. The number of nitrogens with zero attached hydrogens (tertiary/aromatic N) is 1. The summed E-state index contributed by atoms with van der Waals surface area (Å²) in [5, 5.41) is 10.9. The number of hydrogen-bond acceptors (Lipinski definition) is 1. The molecule has 0 N–H and O–H groups in total. The molecule has 0 spiro atoms. The zero-order valence-electron chi connectivity index (χ0n) is 52.4. The van der Waals surface area contributed by atoms with Crippen molar-refractivity contribution in [1.29, 1.82) is 0 Å². The van der Waals surface area contributed by atoms with Gasteiger partial charge in [0.1, 0.15) is 0 Å². The van der Waals surface area contributed by atoms with Crippen molar-refractivity contribution in [3.63, 3.8) is 0 Å². The van der Waals surface area contributed by atoms with Gasteiger partial charge in [-0.25, -0.2) is 17.6 Å². The van der Waals surface area contributed by atoms with Crippen LogP contribution in [0, 0.1) is 120 Å². The maximum Gasteiger partial charge on any atom is 0.165 e. The molecular formula is C80H79F4N. The van der Waals surface area contributed by atoms with Gasteiger partial charge in [-0.2, -0.15) is 0 Å². The number of pyridine rings is 1. The molecule has 5 heteroatoms. The highest BCUT2D eigenvalue weighted by Crippen LogP contribution is 2.49. The zero-order chi connectivity index (χ0) is 61.6. The Morgan fingerprint density at radius 1 is 0.282 bits per heavy atom. The van der Waals surface area contributed by atoms with E-state index in [2.05, 4.69) is 266 Å². The topological polar surface area (TPSA) is 12.9 Å². The summed E-state index contributed by atoms with van der Waals surface area (Å²) in [5.41, 5.74) is 23.4. The Bertz CT molecular complexity index is 4010. The lowest BCUT2D eigenvalue weighted by atomic mass is 9.81.